The number of nitrogens with zero attached hydrogens (tertiary/aromatic N) is 8. The number of nitrogens with two attached hydrogens (primary N) is 3. The van der Waals surface area contributed by atoms with E-state index < -0.39 is 62.3 Å². The molecule has 0 bridgehead atoms. The highest BCUT2D eigenvalue weighted by Gasteiger charge is 2.52. The van der Waals surface area contributed by atoms with E-state index in [0.717, 1.165) is 0 Å². The maximum absolute atomic E-state index is 16.2. The summed E-state index contributed by atoms with van der Waals surface area (Å²) in [5, 5.41) is 0. The lowest BCUT2D eigenvalue weighted by Gasteiger charge is -2.32. The number of alkyl halides is 2. The number of halogens is 2. The van der Waals surface area contributed by atoms with Crippen molar-refractivity contribution in [2.24, 2.45) is 0 Å². The molecule has 0 saturated carbocycles. The molecule has 0 spiro atoms. The van der Waals surface area contributed by atoms with Crippen LogP contribution >= 0.6 is 37.6 Å². The first-order valence-electron chi connectivity index (χ1n) is 13.2. The van der Waals surface area contributed by atoms with E-state index in [4.69, 9.17) is 44.8 Å². The van der Waals surface area contributed by atoms with Crippen molar-refractivity contribution in [2.45, 2.75) is 49.2 Å². The van der Waals surface area contributed by atoms with Gasteiger partial charge in [-0.05, 0) is 12.6 Å². The van der Waals surface area contributed by atoms with Crippen LogP contribution in [-0.2, 0) is 27.6 Å². The summed E-state index contributed by atoms with van der Waals surface area (Å²) in [6.07, 6.45) is 0.842. The van der Waals surface area contributed by atoms with Crippen molar-refractivity contribution in [3.8, 4) is 0 Å². The lowest BCUT2D eigenvalue weighted by atomic mass is 10.1. The fourth-order valence-corrected chi connectivity index (χ4v) is 8.57. The molecule has 23 heteroatoms. The molecule has 3 aliphatic heterocycles. The van der Waals surface area contributed by atoms with Crippen LogP contribution in [0.25, 0.3) is 22.3 Å². The number of anilines is 3. The molecular weight excluding hydrogens is 678 g/mol. The third kappa shape index (κ3) is 5.58. The highest BCUT2D eigenvalue weighted by atomic mass is 32.7. The number of aromatic nitrogens is 8. The van der Waals surface area contributed by atoms with Crippen LogP contribution in [0.2, 0.25) is 0 Å². The molecule has 3 aliphatic rings. The van der Waals surface area contributed by atoms with Gasteiger partial charge in [0.15, 0.2) is 60.8 Å². The molecule has 4 aromatic rings. The fraction of sp³-hybridized carbons (Fsp3) is 0.455. The molecule has 17 nitrogen and oxygen atoms in total. The van der Waals surface area contributed by atoms with Gasteiger partial charge in [0.1, 0.15) is 41.8 Å². The SMILES string of the molecule is C=[P@]1(S)OC[C@H]2OC(n3cnc4c(N)nc(N)nc43)[C@H](F)[C@@H]2O[P@@](=C)(S)OC[C@@H]2O[C@H](n3cnc4c(N)ncnc43)[C@H](F)[C@H]2O1. The summed E-state index contributed by atoms with van der Waals surface area (Å²) in [5.74, 6) is -0.000286. The lowest BCUT2D eigenvalue weighted by Crippen LogP contribution is -2.36. The van der Waals surface area contributed by atoms with Crippen molar-refractivity contribution in [3.05, 3.63) is 19.0 Å². The molecule has 242 valence electrons. The Labute approximate surface area is 263 Å². The Balaban J connectivity index is 1.17. The average Bonchev–Trinajstić information content (AvgIpc) is 3.72. The number of nitrogen functional groups attached to an aromatic ring is 3. The number of fused-ring (bicyclic) bond motifs is 4. The Morgan fingerprint density at radius 2 is 1.27 bits per heavy atom. The van der Waals surface area contributed by atoms with Gasteiger partial charge in [-0.1, -0.05) is 24.5 Å². The van der Waals surface area contributed by atoms with Gasteiger partial charge < -0.3 is 44.8 Å². The number of rotatable bonds is 2. The first-order valence-corrected chi connectivity index (χ1v) is 19.1. The highest BCUT2D eigenvalue weighted by Crippen LogP contribution is 2.60. The lowest BCUT2D eigenvalue weighted by molar-refractivity contribution is -0.0502. The van der Waals surface area contributed by atoms with Crippen molar-refractivity contribution in [3.63, 3.8) is 0 Å². The molecule has 4 aromatic heterocycles. The van der Waals surface area contributed by atoms with Gasteiger partial charge in [-0.15, -0.1) is 0 Å². The summed E-state index contributed by atoms with van der Waals surface area (Å²) in [6.45, 7) is -7.32. The van der Waals surface area contributed by atoms with Crippen LogP contribution < -0.4 is 17.2 Å². The minimum atomic E-state index is -3.35. The second kappa shape index (κ2) is 11.3. The molecule has 0 amide bonds. The molecule has 7 rings (SSSR count). The normalized spacial score (nSPS) is 37.7. The molecule has 6 N–H and O–H groups in total. The number of imidazole rings is 2. The Hall–Kier alpha value is -2.58. The summed E-state index contributed by atoms with van der Waals surface area (Å²) < 4.78 is 71.0. The standard InChI is InChI=1S/C22H27F2N11O6P2S2/c1-42(44)37-4-9-15(11(24)21(39-9)35-7-31-13-17(26)32-22(27)33-19(13)35)41-43(2,45)36-3-8-14(40-42)10(23)20(38-8)34-6-30-12-16(25)28-5-29-18(12)34/h5-11,14-15,20-21,44-45H,1-4H2,(H2,25,28,29)(H4,26,27,32,33)/t8-,9+,10+,11+,14-,15+,20-,21?,42-,43-/m0/s1. The molecule has 3 saturated heterocycles. The van der Waals surface area contributed by atoms with Crippen LogP contribution in [-0.4, -0.2) is 102 Å². The third-order valence-electron chi connectivity index (χ3n) is 7.39. The summed E-state index contributed by atoms with van der Waals surface area (Å²) in [7, 11) is 0. The van der Waals surface area contributed by atoms with Gasteiger partial charge in [-0.25, -0.2) is 28.7 Å². The van der Waals surface area contributed by atoms with Gasteiger partial charge in [0.05, 0.1) is 25.9 Å². The Morgan fingerprint density at radius 3 is 1.82 bits per heavy atom. The first kappa shape index (κ1) is 31.0. The molecule has 3 fully saturated rings. The van der Waals surface area contributed by atoms with E-state index >= 15 is 8.78 Å². The van der Waals surface area contributed by atoms with Crippen LogP contribution in [0.4, 0.5) is 26.4 Å². The predicted molar refractivity (Wildman–Crippen MR) is 169 cm³/mol. The highest BCUT2D eigenvalue weighted by molar-refractivity contribution is 8.48. The number of hydrogen-bond acceptors (Lipinski definition) is 17. The van der Waals surface area contributed by atoms with Crippen molar-refractivity contribution < 1.29 is 36.3 Å². The summed E-state index contributed by atoms with van der Waals surface area (Å²) in [6, 6.07) is 0. The summed E-state index contributed by atoms with van der Waals surface area (Å²) in [5.41, 5.74) is 18.4. The Morgan fingerprint density at radius 1 is 0.756 bits per heavy atom. The maximum Gasteiger partial charge on any atom is 0.224 e. The van der Waals surface area contributed by atoms with Crippen molar-refractivity contribution in [1.82, 2.24) is 39.0 Å². The van der Waals surface area contributed by atoms with Crippen LogP contribution in [0.1, 0.15) is 12.5 Å². The first-order chi connectivity index (χ1) is 21.3. The van der Waals surface area contributed by atoms with E-state index in [0.29, 0.717) is 0 Å². The number of thiol groups is 2. The minimum Gasteiger partial charge on any atom is -0.382 e. The van der Waals surface area contributed by atoms with E-state index in [-0.39, 0.29) is 53.1 Å². The fourth-order valence-electron chi connectivity index (χ4n) is 5.38. The predicted octanol–water partition coefficient (Wildman–Crippen LogP) is 1.95. The maximum atomic E-state index is 16.2. The molecule has 0 aromatic carbocycles. The van der Waals surface area contributed by atoms with Gasteiger partial charge in [0, 0.05) is 0 Å². The van der Waals surface area contributed by atoms with Crippen LogP contribution in [0.3, 0.4) is 0 Å². The summed E-state index contributed by atoms with van der Waals surface area (Å²) >= 11 is 8.97. The van der Waals surface area contributed by atoms with Gasteiger partial charge in [-0.3, -0.25) is 9.13 Å². The van der Waals surface area contributed by atoms with Crippen molar-refractivity contribution in [1.29, 1.82) is 0 Å². The third-order valence-corrected chi connectivity index (χ3v) is 10.9. The zero-order valence-electron chi connectivity index (χ0n) is 23.0. The average molecular weight is 706 g/mol. The Bertz CT molecular complexity index is 1890. The van der Waals surface area contributed by atoms with E-state index in [1.165, 1.54) is 28.1 Å². The number of ether oxygens (including phenoxy) is 2. The van der Waals surface area contributed by atoms with Gasteiger partial charge in [0.2, 0.25) is 5.95 Å². The zero-order chi connectivity index (χ0) is 31.8. The molecule has 1 unspecified atom stereocenters. The topological polar surface area (TPSA) is 221 Å². The van der Waals surface area contributed by atoms with Gasteiger partial charge >= 0.3 is 0 Å². The van der Waals surface area contributed by atoms with Gasteiger partial charge in [-0.2, -0.15) is 9.97 Å². The van der Waals surface area contributed by atoms with Gasteiger partial charge in [0.25, 0.3) is 0 Å². The van der Waals surface area contributed by atoms with E-state index in [2.05, 4.69) is 67.0 Å². The molecule has 10 atom stereocenters. The van der Waals surface area contributed by atoms with Crippen molar-refractivity contribution >= 4 is 90.1 Å². The smallest absolute Gasteiger partial charge is 0.224 e. The molecule has 7 heterocycles. The van der Waals surface area contributed by atoms with Crippen LogP contribution in [0, 0.1) is 0 Å². The molecule has 0 aliphatic carbocycles. The van der Waals surface area contributed by atoms with Crippen LogP contribution in [0.15, 0.2) is 19.0 Å². The minimum absolute atomic E-state index is 0.0147. The largest absolute Gasteiger partial charge is 0.382 e. The molecule has 0 radical (unpaired) electrons. The second-order valence-corrected chi connectivity index (χ2v) is 17.5. The summed E-state index contributed by atoms with van der Waals surface area (Å²) in [4.78, 5) is 24.4. The zero-order valence-corrected chi connectivity index (χ0v) is 26.6. The van der Waals surface area contributed by atoms with E-state index in [9.17, 15) is 0 Å². The second-order valence-electron chi connectivity index (χ2n) is 10.4. The monoisotopic (exact) mass is 705 g/mol. The molecular formula is C22H27F2N11O6P2S2. The van der Waals surface area contributed by atoms with Crippen molar-refractivity contribution in [2.75, 3.05) is 30.4 Å². The van der Waals surface area contributed by atoms with Crippen LogP contribution in [0.5, 0.6) is 0 Å². The number of hydrogen-bond donors (Lipinski definition) is 5. The van der Waals surface area contributed by atoms with E-state index in [1.807, 2.05) is 0 Å². The quantitative estimate of drug-likeness (QED) is 0.149. The van der Waals surface area contributed by atoms with E-state index in [1.54, 1.807) is 0 Å². The molecule has 45 heavy (non-hydrogen) atoms. The Kier molecular flexibility index (Phi) is 7.79.